The summed E-state index contributed by atoms with van der Waals surface area (Å²) >= 11 is 0. The monoisotopic (exact) mass is 256 g/mol. The van der Waals surface area contributed by atoms with E-state index in [1.807, 2.05) is 30.0 Å². The van der Waals surface area contributed by atoms with Crippen molar-refractivity contribution in [1.29, 1.82) is 0 Å². The Kier molecular flexibility index (Phi) is 3.03. The van der Waals surface area contributed by atoms with Crippen molar-refractivity contribution in [1.82, 2.24) is 20.1 Å². The van der Waals surface area contributed by atoms with Crippen LogP contribution in [0.15, 0.2) is 30.6 Å². The third-order valence-corrected chi connectivity index (χ3v) is 3.65. The number of aryl methyl sites for hydroxylation is 1. The lowest BCUT2D eigenvalue weighted by atomic mass is 10.1. The van der Waals surface area contributed by atoms with Crippen molar-refractivity contribution in [3.8, 4) is 0 Å². The number of hydrogen-bond donors (Lipinski definition) is 1. The molecular formula is C14H16N4O. The minimum absolute atomic E-state index is 0.0279. The van der Waals surface area contributed by atoms with E-state index in [0.29, 0.717) is 11.6 Å². The van der Waals surface area contributed by atoms with Gasteiger partial charge in [0.25, 0.3) is 5.91 Å². The number of aromatic nitrogens is 3. The van der Waals surface area contributed by atoms with Gasteiger partial charge in [-0.05, 0) is 31.0 Å². The summed E-state index contributed by atoms with van der Waals surface area (Å²) in [6.07, 6.45) is 4.39. The molecule has 1 N–H and O–H groups in total. The molecule has 5 heteroatoms. The lowest BCUT2D eigenvalue weighted by Gasteiger charge is -2.16. The largest absolute Gasteiger partial charge is 0.337 e. The molecule has 98 valence electrons. The molecule has 5 nitrogen and oxygen atoms in total. The second-order valence-electron chi connectivity index (χ2n) is 4.92. The van der Waals surface area contributed by atoms with Gasteiger partial charge in [0.1, 0.15) is 5.69 Å². The number of nitrogens with zero attached hydrogens (tertiary/aromatic N) is 3. The smallest absolute Gasteiger partial charge is 0.272 e. The maximum atomic E-state index is 12.4. The quantitative estimate of drug-likeness (QED) is 0.890. The van der Waals surface area contributed by atoms with Gasteiger partial charge in [-0.15, -0.1) is 0 Å². The van der Waals surface area contributed by atoms with Gasteiger partial charge in [-0.25, -0.2) is 0 Å². The average molecular weight is 256 g/mol. The van der Waals surface area contributed by atoms with Crippen molar-refractivity contribution in [2.45, 2.75) is 19.3 Å². The summed E-state index contributed by atoms with van der Waals surface area (Å²) in [6, 6.07) is 5.75. The van der Waals surface area contributed by atoms with E-state index in [4.69, 9.17) is 0 Å². The van der Waals surface area contributed by atoms with Gasteiger partial charge >= 0.3 is 0 Å². The molecule has 2 aromatic rings. The molecule has 1 saturated heterocycles. The van der Waals surface area contributed by atoms with E-state index < -0.39 is 0 Å². The van der Waals surface area contributed by atoms with Crippen molar-refractivity contribution < 1.29 is 4.79 Å². The number of carbonyl (C=O) groups excluding carboxylic acids is 1. The third kappa shape index (κ3) is 2.23. The van der Waals surface area contributed by atoms with Crippen LogP contribution in [0.4, 0.5) is 0 Å². The summed E-state index contributed by atoms with van der Waals surface area (Å²) in [5.41, 5.74) is 2.60. The SMILES string of the molecule is Cc1cccnc1C(=O)N1CC[C@@H](c2ccn[nH]2)C1. The lowest BCUT2D eigenvalue weighted by molar-refractivity contribution is 0.0784. The summed E-state index contributed by atoms with van der Waals surface area (Å²) in [6.45, 7) is 3.43. The molecule has 1 aliphatic heterocycles. The van der Waals surface area contributed by atoms with Crippen LogP contribution in [0.1, 0.15) is 34.1 Å². The molecule has 0 aromatic carbocycles. The van der Waals surface area contributed by atoms with E-state index in [9.17, 15) is 4.79 Å². The Labute approximate surface area is 111 Å². The third-order valence-electron chi connectivity index (χ3n) is 3.65. The molecule has 3 heterocycles. The Morgan fingerprint density at radius 1 is 1.42 bits per heavy atom. The van der Waals surface area contributed by atoms with Gasteiger partial charge in [-0.3, -0.25) is 14.9 Å². The van der Waals surface area contributed by atoms with Gasteiger partial charge in [0.15, 0.2) is 0 Å². The Balaban J connectivity index is 1.75. The molecule has 1 aliphatic rings. The van der Waals surface area contributed by atoms with Crippen LogP contribution in [0.3, 0.4) is 0 Å². The van der Waals surface area contributed by atoms with E-state index in [1.165, 1.54) is 0 Å². The minimum atomic E-state index is 0.0279. The van der Waals surface area contributed by atoms with Gasteiger partial charge < -0.3 is 4.90 Å². The second kappa shape index (κ2) is 4.84. The van der Waals surface area contributed by atoms with Gasteiger partial charge in [-0.2, -0.15) is 5.10 Å². The first-order valence-electron chi connectivity index (χ1n) is 6.46. The molecule has 0 unspecified atom stereocenters. The van der Waals surface area contributed by atoms with E-state index in [-0.39, 0.29) is 5.91 Å². The first kappa shape index (κ1) is 11.9. The summed E-state index contributed by atoms with van der Waals surface area (Å²) in [7, 11) is 0. The Hall–Kier alpha value is -2.17. The first-order chi connectivity index (χ1) is 9.25. The molecule has 0 radical (unpaired) electrons. The zero-order chi connectivity index (χ0) is 13.2. The Bertz CT molecular complexity index is 579. The molecule has 0 aliphatic carbocycles. The highest BCUT2D eigenvalue weighted by Crippen LogP contribution is 2.26. The summed E-state index contributed by atoms with van der Waals surface area (Å²) in [5.74, 6) is 0.385. The van der Waals surface area contributed by atoms with Crippen LogP contribution in [0.5, 0.6) is 0 Å². The molecule has 1 fully saturated rings. The van der Waals surface area contributed by atoms with Crippen molar-refractivity contribution >= 4 is 5.91 Å². The topological polar surface area (TPSA) is 61.9 Å². The number of likely N-dealkylation sites (tertiary alicyclic amines) is 1. The number of hydrogen-bond acceptors (Lipinski definition) is 3. The maximum Gasteiger partial charge on any atom is 0.272 e. The van der Waals surface area contributed by atoms with Crippen LogP contribution in [-0.2, 0) is 0 Å². The molecule has 3 rings (SSSR count). The van der Waals surface area contributed by atoms with E-state index in [1.54, 1.807) is 12.4 Å². The number of aromatic amines is 1. The predicted molar refractivity (Wildman–Crippen MR) is 70.8 cm³/mol. The number of carbonyl (C=O) groups is 1. The standard InChI is InChI=1S/C14H16N4O/c1-10-3-2-6-15-13(10)14(19)18-8-5-11(9-18)12-4-7-16-17-12/h2-4,6-7,11H,5,8-9H2,1H3,(H,16,17)/t11-/m1/s1. The van der Waals surface area contributed by atoms with E-state index >= 15 is 0 Å². The van der Waals surface area contributed by atoms with E-state index in [2.05, 4.69) is 15.2 Å². The number of rotatable bonds is 2. The molecule has 0 bridgehead atoms. The van der Waals surface area contributed by atoms with Crippen molar-refractivity contribution in [3.05, 3.63) is 47.5 Å². The zero-order valence-electron chi connectivity index (χ0n) is 10.8. The molecule has 2 aromatic heterocycles. The Morgan fingerprint density at radius 3 is 3.05 bits per heavy atom. The van der Waals surface area contributed by atoms with Crippen LogP contribution in [-0.4, -0.2) is 39.1 Å². The molecule has 0 saturated carbocycles. The lowest BCUT2D eigenvalue weighted by Crippen LogP contribution is -2.29. The van der Waals surface area contributed by atoms with Crippen LogP contribution in [0.2, 0.25) is 0 Å². The predicted octanol–water partition coefficient (Wildman–Crippen LogP) is 1.74. The van der Waals surface area contributed by atoms with Gasteiger partial charge in [-0.1, -0.05) is 6.07 Å². The highest BCUT2D eigenvalue weighted by atomic mass is 16.2. The summed E-state index contributed by atoms with van der Waals surface area (Å²) < 4.78 is 0. The van der Waals surface area contributed by atoms with E-state index in [0.717, 1.165) is 30.8 Å². The first-order valence-corrected chi connectivity index (χ1v) is 6.46. The van der Waals surface area contributed by atoms with Gasteiger partial charge in [0.05, 0.1) is 0 Å². The highest BCUT2D eigenvalue weighted by Gasteiger charge is 2.29. The average Bonchev–Trinajstić information content (AvgIpc) is 3.09. The second-order valence-corrected chi connectivity index (χ2v) is 4.92. The molecule has 1 amide bonds. The number of pyridine rings is 1. The maximum absolute atomic E-state index is 12.4. The van der Waals surface area contributed by atoms with Crippen LogP contribution in [0, 0.1) is 6.92 Å². The summed E-state index contributed by atoms with van der Waals surface area (Å²) in [4.78, 5) is 18.5. The normalized spacial score (nSPS) is 18.8. The Morgan fingerprint density at radius 2 is 2.32 bits per heavy atom. The van der Waals surface area contributed by atoms with Crippen LogP contribution < -0.4 is 0 Å². The minimum Gasteiger partial charge on any atom is -0.337 e. The zero-order valence-corrected chi connectivity index (χ0v) is 10.8. The number of amides is 1. The van der Waals surface area contributed by atoms with Crippen molar-refractivity contribution in [3.63, 3.8) is 0 Å². The number of H-pyrrole nitrogens is 1. The van der Waals surface area contributed by atoms with Crippen LogP contribution in [0.25, 0.3) is 0 Å². The molecular weight excluding hydrogens is 240 g/mol. The summed E-state index contributed by atoms with van der Waals surface area (Å²) in [5, 5.41) is 6.95. The molecule has 0 spiro atoms. The van der Waals surface area contributed by atoms with Crippen molar-refractivity contribution in [2.24, 2.45) is 0 Å². The highest BCUT2D eigenvalue weighted by molar-refractivity contribution is 5.93. The van der Waals surface area contributed by atoms with Crippen molar-refractivity contribution in [2.75, 3.05) is 13.1 Å². The fraction of sp³-hybridized carbons (Fsp3) is 0.357. The van der Waals surface area contributed by atoms with Crippen LogP contribution >= 0.6 is 0 Å². The van der Waals surface area contributed by atoms with Gasteiger partial charge in [0.2, 0.25) is 0 Å². The number of nitrogens with one attached hydrogen (secondary N) is 1. The fourth-order valence-electron chi connectivity index (χ4n) is 2.55. The molecule has 1 atom stereocenters. The fourth-order valence-corrected chi connectivity index (χ4v) is 2.55. The van der Waals surface area contributed by atoms with Gasteiger partial charge in [0, 0.05) is 37.1 Å². The molecule has 19 heavy (non-hydrogen) atoms.